The van der Waals surface area contributed by atoms with Crippen LogP contribution < -0.4 is 4.90 Å². The van der Waals surface area contributed by atoms with Gasteiger partial charge < -0.3 is 10.0 Å². The average molecular weight is 308 g/mol. The van der Waals surface area contributed by atoms with Gasteiger partial charge in [0.15, 0.2) is 0 Å². The number of hydrogen-bond acceptors (Lipinski definition) is 3. The molecule has 1 aliphatic heterocycles. The Balaban J connectivity index is 2.07. The fourth-order valence-corrected chi connectivity index (χ4v) is 4.02. The number of aromatic carboxylic acids is 1. The van der Waals surface area contributed by atoms with Gasteiger partial charge in [0.25, 0.3) is 0 Å². The largest absolute Gasteiger partial charge is 0.478 e. The number of carboxylic acids is 1. The molecule has 1 atom stereocenters. The van der Waals surface area contributed by atoms with Crippen LogP contribution in [0, 0.1) is 0 Å². The maximum absolute atomic E-state index is 11.5. The van der Waals surface area contributed by atoms with Crippen molar-refractivity contribution in [2.45, 2.75) is 19.4 Å². The smallest absolute Gasteiger partial charge is 0.339 e. The molecule has 0 fully saturated rings. The third kappa shape index (κ3) is 2.09. The molecular weight excluding hydrogens is 294 g/mol. The van der Waals surface area contributed by atoms with E-state index in [2.05, 4.69) is 23.3 Å². The van der Waals surface area contributed by atoms with E-state index in [4.69, 9.17) is 11.6 Å². The van der Waals surface area contributed by atoms with Crippen LogP contribution >= 0.6 is 22.9 Å². The molecule has 0 saturated heterocycles. The highest BCUT2D eigenvalue weighted by atomic mass is 35.5. The lowest BCUT2D eigenvalue weighted by Crippen LogP contribution is -2.34. The summed E-state index contributed by atoms with van der Waals surface area (Å²) in [6, 6.07) is 7.56. The molecule has 0 bridgehead atoms. The van der Waals surface area contributed by atoms with E-state index in [0.717, 1.165) is 13.0 Å². The predicted molar refractivity (Wildman–Crippen MR) is 82.2 cm³/mol. The molecule has 104 valence electrons. The molecule has 1 aliphatic rings. The van der Waals surface area contributed by atoms with Gasteiger partial charge in [0.2, 0.25) is 0 Å². The van der Waals surface area contributed by atoms with Crippen LogP contribution in [0.25, 0.3) is 0 Å². The third-order valence-corrected chi connectivity index (χ3v) is 5.10. The fraction of sp³-hybridized carbons (Fsp3) is 0.267. The van der Waals surface area contributed by atoms with E-state index in [1.165, 1.54) is 10.4 Å². The van der Waals surface area contributed by atoms with Crippen molar-refractivity contribution in [1.29, 1.82) is 0 Å². The van der Waals surface area contributed by atoms with Crippen molar-refractivity contribution in [2.24, 2.45) is 0 Å². The number of thiophene rings is 1. The van der Waals surface area contributed by atoms with Crippen molar-refractivity contribution in [2.75, 3.05) is 11.4 Å². The summed E-state index contributed by atoms with van der Waals surface area (Å²) in [7, 11) is 0. The highest BCUT2D eigenvalue weighted by molar-refractivity contribution is 7.10. The van der Waals surface area contributed by atoms with Gasteiger partial charge in [0.1, 0.15) is 5.56 Å². The number of hydrogen-bond donors (Lipinski definition) is 1. The lowest BCUT2D eigenvalue weighted by atomic mass is 9.99. The minimum atomic E-state index is -0.978. The quantitative estimate of drug-likeness (QED) is 0.903. The van der Waals surface area contributed by atoms with Crippen molar-refractivity contribution in [3.8, 4) is 0 Å². The molecule has 1 N–H and O–H groups in total. The van der Waals surface area contributed by atoms with Crippen LogP contribution in [0.2, 0.25) is 5.02 Å². The molecule has 0 amide bonds. The minimum Gasteiger partial charge on any atom is -0.478 e. The van der Waals surface area contributed by atoms with E-state index in [1.807, 2.05) is 6.07 Å². The first-order chi connectivity index (χ1) is 9.59. The minimum absolute atomic E-state index is 0.168. The molecular formula is C15H14ClNO2S. The lowest BCUT2D eigenvalue weighted by molar-refractivity contribution is 0.0697. The Kier molecular flexibility index (Phi) is 3.44. The molecule has 5 heteroatoms. The van der Waals surface area contributed by atoms with E-state index < -0.39 is 5.97 Å². The first-order valence-electron chi connectivity index (χ1n) is 6.44. The van der Waals surface area contributed by atoms with Gasteiger partial charge in [-0.1, -0.05) is 17.7 Å². The molecule has 0 saturated carbocycles. The van der Waals surface area contributed by atoms with Crippen molar-refractivity contribution in [1.82, 2.24) is 0 Å². The zero-order valence-corrected chi connectivity index (χ0v) is 12.5. The monoisotopic (exact) mass is 307 g/mol. The van der Waals surface area contributed by atoms with Crippen LogP contribution in [0.3, 0.4) is 0 Å². The summed E-state index contributed by atoms with van der Waals surface area (Å²) < 4.78 is 0. The Morgan fingerprint density at radius 1 is 1.45 bits per heavy atom. The van der Waals surface area contributed by atoms with Crippen LogP contribution in [0.4, 0.5) is 5.69 Å². The van der Waals surface area contributed by atoms with E-state index in [9.17, 15) is 9.90 Å². The van der Waals surface area contributed by atoms with E-state index in [0.29, 0.717) is 10.7 Å². The number of benzene rings is 1. The van der Waals surface area contributed by atoms with Crippen LogP contribution in [-0.2, 0) is 6.42 Å². The molecule has 0 spiro atoms. The van der Waals surface area contributed by atoms with Gasteiger partial charge in [0, 0.05) is 11.4 Å². The number of carbonyl (C=O) groups is 1. The van der Waals surface area contributed by atoms with Crippen molar-refractivity contribution >= 4 is 34.6 Å². The Labute approximate surface area is 126 Å². The van der Waals surface area contributed by atoms with Crippen LogP contribution in [-0.4, -0.2) is 17.6 Å². The van der Waals surface area contributed by atoms with Crippen molar-refractivity contribution < 1.29 is 9.90 Å². The Morgan fingerprint density at radius 3 is 3.00 bits per heavy atom. The summed E-state index contributed by atoms with van der Waals surface area (Å²) in [4.78, 5) is 15.0. The van der Waals surface area contributed by atoms with Gasteiger partial charge >= 0.3 is 5.97 Å². The molecule has 20 heavy (non-hydrogen) atoms. The van der Waals surface area contributed by atoms with Crippen molar-refractivity contribution in [3.05, 3.63) is 50.7 Å². The van der Waals surface area contributed by atoms with Gasteiger partial charge in [-0.3, -0.25) is 0 Å². The molecule has 3 nitrogen and oxygen atoms in total. The summed E-state index contributed by atoms with van der Waals surface area (Å²) in [6.07, 6.45) is 0.947. The second-order valence-electron chi connectivity index (χ2n) is 4.86. The first-order valence-corrected chi connectivity index (χ1v) is 7.70. The number of fused-ring (bicyclic) bond motifs is 1. The fourth-order valence-electron chi connectivity index (χ4n) is 2.80. The van der Waals surface area contributed by atoms with Gasteiger partial charge in [-0.15, -0.1) is 11.3 Å². The molecule has 1 unspecified atom stereocenters. The zero-order valence-electron chi connectivity index (χ0n) is 11.0. The van der Waals surface area contributed by atoms with E-state index in [1.54, 1.807) is 23.5 Å². The number of halogens is 1. The maximum atomic E-state index is 11.5. The predicted octanol–water partition coefficient (Wildman–Crippen LogP) is 4.22. The zero-order chi connectivity index (χ0) is 14.3. The molecule has 1 aromatic heterocycles. The van der Waals surface area contributed by atoms with Crippen LogP contribution in [0.1, 0.15) is 33.8 Å². The Morgan fingerprint density at radius 2 is 2.25 bits per heavy atom. The summed E-state index contributed by atoms with van der Waals surface area (Å²) in [6.45, 7) is 2.92. The summed E-state index contributed by atoms with van der Waals surface area (Å²) in [5.41, 5.74) is 2.19. The number of nitrogens with zero attached hydrogens (tertiary/aromatic N) is 1. The first kappa shape index (κ1) is 13.5. The van der Waals surface area contributed by atoms with Crippen LogP contribution in [0.5, 0.6) is 0 Å². The molecule has 3 rings (SSSR count). The second kappa shape index (κ2) is 5.11. The Bertz CT molecular complexity index is 668. The average Bonchev–Trinajstić information content (AvgIpc) is 2.87. The highest BCUT2D eigenvalue weighted by Crippen LogP contribution is 2.38. The van der Waals surface area contributed by atoms with Gasteiger partial charge in [-0.25, -0.2) is 4.79 Å². The summed E-state index contributed by atoms with van der Waals surface area (Å²) >= 11 is 7.84. The standard InChI is InChI=1S/C15H14ClNO2S/c1-9-10-6-8-20-13(10)5-7-17(9)12-4-2-3-11(16)14(12)15(18)19/h2-4,6,8-9H,5,7H2,1H3,(H,18,19). The SMILES string of the molecule is CC1c2ccsc2CCN1c1cccc(Cl)c1C(=O)O. The second-order valence-corrected chi connectivity index (χ2v) is 6.27. The normalized spacial score (nSPS) is 17.9. The lowest BCUT2D eigenvalue weighted by Gasteiger charge is -2.36. The van der Waals surface area contributed by atoms with Gasteiger partial charge in [0.05, 0.1) is 16.8 Å². The highest BCUT2D eigenvalue weighted by Gasteiger charge is 2.28. The molecule has 2 heterocycles. The molecule has 1 aromatic carbocycles. The van der Waals surface area contributed by atoms with Gasteiger partial charge in [-0.05, 0) is 42.5 Å². The topological polar surface area (TPSA) is 40.5 Å². The number of rotatable bonds is 2. The molecule has 0 radical (unpaired) electrons. The summed E-state index contributed by atoms with van der Waals surface area (Å²) in [5, 5.41) is 11.8. The molecule has 0 aliphatic carbocycles. The van der Waals surface area contributed by atoms with Gasteiger partial charge in [-0.2, -0.15) is 0 Å². The van der Waals surface area contributed by atoms with Crippen LogP contribution in [0.15, 0.2) is 29.6 Å². The molecule has 2 aromatic rings. The third-order valence-electron chi connectivity index (χ3n) is 3.79. The Hall–Kier alpha value is -1.52. The summed E-state index contributed by atoms with van der Waals surface area (Å²) in [5.74, 6) is -0.978. The van der Waals surface area contributed by atoms with E-state index >= 15 is 0 Å². The number of carboxylic acid groups (broad SMARTS) is 1. The number of anilines is 1. The van der Waals surface area contributed by atoms with E-state index in [-0.39, 0.29) is 11.6 Å². The maximum Gasteiger partial charge on any atom is 0.339 e. The van der Waals surface area contributed by atoms with Crippen molar-refractivity contribution in [3.63, 3.8) is 0 Å².